The molecule has 2 fully saturated rings. The molecule has 8 heteroatoms. The first kappa shape index (κ1) is 21.4. The molecule has 0 spiro atoms. The highest BCUT2D eigenvalue weighted by Gasteiger charge is 2.32. The molecule has 2 atom stereocenters. The summed E-state index contributed by atoms with van der Waals surface area (Å²) in [6.45, 7) is 7.64. The number of aliphatic imine (C=N–C) groups is 1. The van der Waals surface area contributed by atoms with Gasteiger partial charge in [0.05, 0.1) is 12.7 Å². The number of nitrogens with one attached hydrogen (secondary N) is 3. The van der Waals surface area contributed by atoms with Crippen LogP contribution in [0.1, 0.15) is 32.3 Å². The van der Waals surface area contributed by atoms with E-state index in [4.69, 9.17) is 9.47 Å². The second kappa shape index (κ2) is 10.5. The number of hydrogen-bond donors (Lipinski definition) is 3. The van der Waals surface area contributed by atoms with Crippen LogP contribution in [0.3, 0.4) is 0 Å². The van der Waals surface area contributed by atoms with E-state index in [1.807, 2.05) is 38.1 Å². The van der Waals surface area contributed by atoms with Crippen LogP contribution in [-0.4, -0.2) is 68.5 Å². The van der Waals surface area contributed by atoms with Gasteiger partial charge in [-0.3, -0.25) is 4.99 Å². The fourth-order valence-corrected chi connectivity index (χ4v) is 3.64. The Kier molecular flexibility index (Phi) is 7.71. The van der Waals surface area contributed by atoms with E-state index in [1.54, 1.807) is 7.05 Å². The summed E-state index contributed by atoms with van der Waals surface area (Å²) in [6.07, 6.45) is 2.48. The number of carbonyl (C=O) groups is 1. The lowest BCUT2D eigenvalue weighted by Crippen LogP contribution is -2.53. The zero-order chi connectivity index (χ0) is 20.6. The summed E-state index contributed by atoms with van der Waals surface area (Å²) in [7, 11) is 1.80. The molecule has 8 nitrogen and oxygen atoms in total. The lowest BCUT2D eigenvalue weighted by molar-refractivity contribution is -0.0817. The number of ether oxygens (including phenoxy) is 2. The molecule has 3 rings (SSSR count). The zero-order valence-corrected chi connectivity index (χ0v) is 17.6. The Morgan fingerprint density at radius 2 is 1.97 bits per heavy atom. The van der Waals surface area contributed by atoms with E-state index in [1.165, 1.54) is 0 Å². The van der Waals surface area contributed by atoms with Gasteiger partial charge in [0.15, 0.2) is 5.96 Å². The van der Waals surface area contributed by atoms with Gasteiger partial charge in [-0.25, -0.2) is 4.79 Å². The molecular formula is C21H33N5O3. The largest absolute Gasteiger partial charge is 0.375 e. The lowest BCUT2D eigenvalue weighted by atomic mass is 10.1. The number of benzene rings is 1. The smallest absolute Gasteiger partial charge is 0.319 e. The van der Waals surface area contributed by atoms with Crippen LogP contribution in [0.25, 0.3) is 0 Å². The first-order valence-corrected chi connectivity index (χ1v) is 10.4. The molecule has 160 valence electrons. The third-order valence-corrected chi connectivity index (χ3v) is 5.07. The minimum Gasteiger partial charge on any atom is -0.375 e. The number of carbonyl (C=O) groups excluding carboxylic acids is 1. The van der Waals surface area contributed by atoms with Gasteiger partial charge in [0, 0.05) is 45.0 Å². The van der Waals surface area contributed by atoms with Crippen LogP contribution in [-0.2, 0) is 16.0 Å². The van der Waals surface area contributed by atoms with Crippen LogP contribution in [0.15, 0.2) is 29.3 Å². The molecule has 2 aliphatic rings. The molecule has 1 aromatic rings. The minimum absolute atomic E-state index is 0.102. The summed E-state index contributed by atoms with van der Waals surface area (Å²) < 4.78 is 11.7. The van der Waals surface area contributed by atoms with Crippen molar-refractivity contribution in [2.24, 2.45) is 4.99 Å². The van der Waals surface area contributed by atoms with Crippen molar-refractivity contribution in [3.05, 3.63) is 29.8 Å². The van der Waals surface area contributed by atoms with Gasteiger partial charge in [-0.15, -0.1) is 0 Å². The molecule has 2 amide bonds. The number of guanidine groups is 1. The van der Waals surface area contributed by atoms with E-state index in [9.17, 15) is 4.79 Å². The average molecular weight is 404 g/mol. The van der Waals surface area contributed by atoms with Crippen molar-refractivity contribution in [2.45, 2.75) is 51.5 Å². The summed E-state index contributed by atoms with van der Waals surface area (Å²) in [5.41, 5.74) is 1.88. The standard InChI is InChI=1S/C21H33N5O3/c1-15(2)24-21(27)25-17-8-6-16(7-9-17)13-23-20(22-3)26-10-12-29-19(14-26)18-5-4-11-28-18/h6-9,15,18-19H,4-5,10-14H2,1-3H3,(H,22,23)(H2,24,25,27). The van der Waals surface area contributed by atoms with Gasteiger partial charge in [-0.05, 0) is 44.4 Å². The molecule has 0 saturated carbocycles. The predicted molar refractivity (Wildman–Crippen MR) is 114 cm³/mol. The molecule has 29 heavy (non-hydrogen) atoms. The number of anilines is 1. The maximum Gasteiger partial charge on any atom is 0.319 e. The monoisotopic (exact) mass is 403 g/mol. The van der Waals surface area contributed by atoms with Crippen molar-refractivity contribution in [3.8, 4) is 0 Å². The van der Waals surface area contributed by atoms with Crippen LogP contribution >= 0.6 is 0 Å². The topological polar surface area (TPSA) is 87.2 Å². The maximum atomic E-state index is 11.8. The lowest BCUT2D eigenvalue weighted by Gasteiger charge is -2.37. The molecule has 0 radical (unpaired) electrons. The Labute approximate surface area is 173 Å². The molecule has 2 aliphatic heterocycles. The minimum atomic E-state index is -0.195. The SMILES string of the molecule is CN=C(NCc1ccc(NC(=O)NC(C)C)cc1)N1CCOC(C2CCCO2)C1. The van der Waals surface area contributed by atoms with E-state index >= 15 is 0 Å². The number of nitrogens with zero attached hydrogens (tertiary/aromatic N) is 2. The molecule has 1 aromatic carbocycles. The molecule has 3 N–H and O–H groups in total. The second-order valence-electron chi connectivity index (χ2n) is 7.76. The van der Waals surface area contributed by atoms with Crippen LogP contribution in [0, 0.1) is 0 Å². The third kappa shape index (κ3) is 6.33. The number of hydrogen-bond acceptors (Lipinski definition) is 4. The highest BCUT2D eigenvalue weighted by molar-refractivity contribution is 5.89. The van der Waals surface area contributed by atoms with E-state index in [0.29, 0.717) is 13.2 Å². The summed E-state index contributed by atoms with van der Waals surface area (Å²) in [6, 6.07) is 7.72. The van der Waals surface area contributed by atoms with Gasteiger partial charge in [0.2, 0.25) is 0 Å². The predicted octanol–water partition coefficient (Wildman–Crippen LogP) is 2.17. The van der Waals surface area contributed by atoms with Gasteiger partial charge in [0.25, 0.3) is 0 Å². The first-order chi connectivity index (χ1) is 14.0. The zero-order valence-electron chi connectivity index (χ0n) is 17.6. The fourth-order valence-electron chi connectivity index (χ4n) is 3.64. The van der Waals surface area contributed by atoms with Crippen LogP contribution in [0.4, 0.5) is 10.5 Å². The van der Waals surface area contributed by atoms with Crippen molar-refractivity contribution in [1.82, 2.24) is 15.5 Å². The van der Waals surface area contributed by atoms with Crippen molar-refractivity contribution in [3.63, 3.8) is 0 Å². The highest BCUT2D eigenvalue weighted by atomic mass is 16.5. The van der Waals surface area contributed by atoms with Crippen LogP contribution < -0.4 is 16.0 Å². The summed E-state index contributed by atoms with van der Waals surface area (Å²) in [4.78, 5) is 18.5. The Bertz CT molecular complexity index is 686. The maximum absolute atomic E-state index is 11.8. The molecule has 0 bridgehead atoms. The highest BCUT2D eigenvalue weighted by Crippen LogP contribution is 2.21. The van der Waals surface area contributed by atoms with Gasteiger partial charge < -0.3 is 30.3 Å². The van der Waals surface area contributed by atoms with Gasteiger partial charge >= 0.3 is 6.03 Å². The average Bonchev–Trinajstić information content (AvgIpc) is 3.24. The second-order valence-corrected chi connectivity index (χ2v) is 7.76. The summed E-state index contributed by atoms with van der Waals surface area (Å²) in [5, 5.41) is 9.08. The van der Waals surface area contributed by atoms with Crippen molar-refractivity contribution in [2.75, 3.05) is 38.7 Å². The summed E-state index contributed by atoms with van der Waals surface area (Å²) in [5.74, 6) is 0.870. The number of amides is 2. The Hall–Kier alpha value is -2.32. The third-order valence-electron chi connectivity index (χ3n) is 5.07. The number of morpholine rings is 1. The van der Waals surface area contributed by atoms with Crippen molar-refractivity contribution in [1.29, 1.82) is 0 Å². The molecule has 2 unspecified atom stereocenters. The van der Waals surface area contributed by atoms with Crippen molar-refractivity contribution < 1.29 is 14.3 Å². The van der Waals surface area contributed by atoms with Gasteiger partial charge in [0.1, 0.15) is 6.10 Å². The normalized spacial score (nSPS) is 22.6. The van der Waals surface area contributed by atoms with E-state index in [2.05, 4.69) is 25.8 Å². The fraction of sp³-hybridized carbons (Fsp3) is 0.619. The Morgan fingerprint density at radius 1 is 1.21 bits per heavy atom. The molecule has 0 aromatic heterocycles. The van der Waals surface area contributed by atoms with Gasteiger partial charge in [-0.1, -0.05) is 12.1 Å². The quantitative estimate of drug-likeness (QED) is 0.518. The van der Waals surface area contributed by atoms with E-state index in [0.717, 1.165) is 49.7 Å². The summed E-state index contributed by atoms with van der Waals surface area (Å²) >= 11 is 0. The Balaban J connectivity index is 1.49. The molecule has 2 heterocycles. The molecular weight excluding hydrogens is 370 g/mol. The first-order valence-electron chi connectivity index (χ1n) is 10.4. The molecule has 2 saturated heterocycles. The Morgan fingerprint density at radius 3 is 2.62 bits per heavy atom. The van der Waals surface area contributed by atoms with Crippen LogP contribution in [0.5, 0.6) is 0 Å². The number of urea groups is 1. The number of rotatable bonds is 5. The van der Waals surface area contributed by atoms with Crippen molar-refractivity contribution >= 4 is 17.7 Å². The van der Waals surface area contributed by atoms with E-state index in [-0.39, 0.29) is 24.3 Å². The molecule has 0 aliphatic carbocycles. The van der Waals surface area contributed by atoms with E-state index < -0.39 is 0 Å². The van der Waals surface area contributed by atoms with Crippen LogP contribution in [0.2, 0.25) is 0 Å². The van der Waals surface area contributed by atoms with Gasteiger partial charge in [-0.2, -0.15) is 0 Å².